The molecule has 1 fully saturated rings. The van der Waals surface area contributed by atoms with Gasteiger partial charge in [-0.15, -0.1) is 24.0 Å². The second-order valence-corrected chi connectivity index (χ2v) is 8.74. The zero-order valence-electron chi connectivity index (χ0n) is 19.0. The zero-order chi connectivity index (χ0) is 20.6. The topological polar surface area (TPSA) is 74.9 Å². The van der Waals surface area contributed by atoms with Crippen molar-refractivity contribution in [2.24, 2.45) is 4.99 Å². The Hall–Kier alpha value is -0.870. The second kappa shape index (κ2) is 12.7. The molecule has 2 heterocycles. The minimum atomic E-state index is -0.0358. The lowest BCUT2D eigenvalue weighted by Crippen LogP contribution is -2.49. The lowest BCUT2D eigenvalue weighted by molar-refractivity contribution is 0.0532. The number of piperidine rings is 1. The molecule has 1 aliphatic heterocycles. The number of nitrogens with one attached hydrogen (secondary N) is 2. The maximum absolute atomic E-state index is 5.84. The molecular weight excluding hydrogens is 481 g/mol. The Balaban J connectivity index is 0.00000420. The van der Waals surface area contributed by atoms with Crippen LogP contribution in [0.5, 0.6) is 0 Å². The van der Waals surface area contributed by atoms with Gasteiger partial charge in [0.25, 0.3) is 0 Å². The molecule has 0 spiro atoms. The lowest BCUT2D eigenvalue weighted by Gasteiger charge is -2.33. The SMILES string of the molecule is CCNC(=NCc1ncc(C(C)(C)C)o1)NC1CCN(CCOC(C)C)CC1.I. The molecule has 29 heavy (non-hydrogen) atoms. The number of rotatable bonds is 8. The quantitative estimate of drug-likeness (QED) is 0.310. The van der Waals surface area contributed by atoms with E-state index in [4.69, 9.17) is 9.15 Å². The highest BCUT2D eigenvalue weighted by Crippen LogP contribution is 2.22. The Labute approximate surface area is 193 Å². The monoisotopic (exact) mass is 521 g/mol. The van der Waals surface area contributed by atoms with Gasteiger partial charge in [-0.05, 0) is 33.6 Å². The predicted molar refractivity (Wildman–Crippen MR) is 129 cm³/mol. The second-order valence-electron chi connectivity index (χ2n) is 8.74. The maximum Gasteiger partial charge on any atom is 0.216 e. The number of aliphatic imine (C=N–C) groups is 1. The van der Waals surface area contributed by atoms with Gasteiger partial charge in [0.15, 0.2) is 5.96 Å². The number of halogens is 1. The minimum absolute atomic E-state index is 0. The van der Waals surface area contributed by atoms with E-state index in [0.29, 0.717) is 24.6 Å². The van der Waals surface area contributed by atoms with Crippen LogP contribution >= 0.6 is 24.0 Å². The summed E-state index contributed by atoms with van der Waals surface area (Å²) in [4.78, 5) is 11.5. The van der Waals surface area contributed by atoms with Crippen LogP contribution in [-0.2, 0) is 16.7 Å². The summed E-state index contributed by atoms with van der Waals surface area (Å²) >= 11 is 0. The lowest BCUT2D eigenvalue weighted by atomic mass is 9.94. The molecule has 8 heteroatoms. The van der Waals surface area contributed by atoms with Gasteiger partial charge in [-0.3, -0.25) is 0 Å². The molecule has 0 radical (unpaired) electrons. The number of oxazole rings is 1. The van der Waals surface area contributed by atoms with Crippen LogP contribution in [0.2, 0.25) is 0 Å². The Morgan fingerprint density at radius 1 is 1.34 bits per heavy atom. The summed E-state index contributed by atoms with van der Waals surface area (Å²) in [6.07, 6.45) is 4.34. The summed E-state index contributed by atoms with van der Waals surface area (Å²) < 4.78 is 11.5. The molecule has 0 saturated carbocycles. The van der Waals surface area contributed by atoms with E-state index in [2.05, 4.69) is 67.1 Å². The number of hydrogen-bond acceptors (Lipinski definition) is 5. The van der Waals surface area contributed by atoms with Gasteiger partial charge >= 0.3 is 0 Å². The van der Waals surface area contributed by atoms with Crippen LogP contribution in [0.1, 0.15) is 66.0 Å². The van der Waals surface area contributed by atoms with Gasteiger partial charge in [-0.1, -0.05) is 20.8 Å². The molecule has 0 unspecified atom stereocenters. The standard InChI is InChI=1S/C21H39N5O2.HI/c1-7-22-20(24-15-19-23-14-18(28-19)21(4,5)6)25-17-8-10-26(11-9-17)12-13-27-16(2)3;/h14,16-17H,7-13,15H2,1-6H3,(H2,22,24,25);1H. The molecule has 0 aliphatic carbocycles. The normalized spacial score (nSPS) is 16.7. The first-order valence-electron chi connectivity index (χ1n) is 10.6. The van der Waals surface area contributed by atoms with Crippen molar-refractivity contribution in [2.45, 2.75) is 78.5 Å². The Morgan fingerprint density at radius 2 is 2.03 bits per heavy atom. The first-order valence-corrected chi connectivity index (χ1v) is 10.6. The van der Waals surface area contributed by atoms with Crippen molar-refractivity contribution in [1.82, 2.24) is 20.5 Å². The highest BCUT2D eigenvalue weighted by molar-refractivity contribution is 14.0. The number of guanidine groups is 1. The molecule has 0 amide bonds. The number of likely N-dealkylation sites (tertiary alicyclic amines) is 1. The third-order valence-corrected chi connectivity index (χ3v) is 4.80. The van der Waals surface area contributed by atoms with Gasteiger partial charge in [-0.25, -0.2) is 9.98 Å². The minimum Gasteiger partial charge on any atom is -0.443 e. The summed E-state index contributed by atoms with van der Waals surface area (Å²) in [5, 5.41) is 6.90. The number of aromatic nitrogens is 1. The average molecular weight is 521 g/mol. The predicted octanol–water partition coefficient (Wildman–Crippen LogP) is 3.53. The van der Waals surface area contributed by atoms with Gasteiger partial charge in [-0.2, -0.15) is 0 Å². The van der Waals surface area contributed by atoms with Crippen LogP contribution in [0, 0.1) is 0 Å². The van der Waals surface area contributed by atoms with Gasteiger partial charge in [0, 0.05) is 37.6 Å². The molecule has 1 aliphatic rings. The molecule has 0 aromatic carbocycles. The van der Waals surface area contributed by atoms with Crippen molar-refractivity contribution in [1.29, 1.82) is 0 Å². The van der Waals surface area contributed by atoms with Crippen LogP contribution in [0.4, 0.5) is 0 Å². The highest BCUT2D eigenvalue weighted by Gasteiger charge is 2.21. The number of ether oxygens (including phenoxy) is 1. The van der Waals surface area contributed by atoms with Crippen molar-refractivity contribution in [3.05, 3.63) is 17.8 Å². The smallest absolute Gasteiger partial charge is 0.216 e. The fourth-order valence-corrected chi connectivity index (χ4v) is 3.11. The first-order chi connectivity index (χ1) is 13.3. The van der Waals surface area contributed by atoms with E-state index >= 15 is 0 Å². The summed E-state index contributed by atoms with van der Waals surface area (Å²) in [7, 11) is 0. The third kappa shape index (κ3) is 9.65. The maximum atomic E-state index is 5.84. The van der Waals surface area contributed by atoms with E-state index in [1.165, 1.54) is 0 Å². The van der Waals surface area contributed by atoms with Crippen molar-refractivity contribution in [3.63, 3.8) is 0 Å². The largest absolute Gasteiger partial charge is 0.443 e. The Morgan fingerprint density at radius 3 is 2.59 bits per heavy atom. The van der Waals surface area contributed by atoms with Gasteiger partial charge < -0.3 is 24.7 Å². The first kappa shape index (κ1) is 26.2. The molecule has 7 nitrogen and oxygen atoms in total. The zero-order valence-corrected chi connectivity index (χ0v) is 21.3. The van der Waals surface area contributed by atoms with E-state index in [0.717, 1.165) is 57.3 Å². The van der Waals surface area contributed by atoms with Crippen molar-refractivity contribution >= 4 is 29.9 Å². The van der Waals surface area contributed by atoms with Crippen molar-refractivity contribution in [3.8, 4) is 0 Å². The molecule has 1 aromatic rings. The van der Waals surface area contributed by atoms with Crippen LogP contribution < -0.4 is 10.6 Å². The summed E-state index contributed by atoms with van der Waals surface area (Å²) in [5.74, 6) is 2.38. The van der Waals surface area contributed by atoms with Crippen molar-refractivity contribution in [2.75, 3.05) is 32.8 Å². The summed E-state index contributed by atoms with van der Waals surface area (Å²) in [6, 6.07) is 0.440. The van der Waals surface area contributed by atoms with Gasteiger partial charge in [0.05, 0.1) is 18.9 Å². The van der Waals surface area contributed by atoms with E-state index in [1.54, 1.807) is 0 Å². The van der Waals surface area contributed by atoms with Crippen LogP contribution in [0.3, 0.4) is 0 Å². The molecule has 2 rings (SSSR count). The fourth-order valence-electron chi connectivity index (χ4n) is 3.11. The Bertz CT molecular complexity index is 604. The van der Waals surface area contributed by atoms with Crippen LogP contribution in [0.15, 0.2) is 15.6 Å². The average Bonchev–Trinajstić information content (AvgIpc) is 3.10. The van der Waals surface area contributed by atoms with E-state index < -0.39 is 0 Å². The van der Waals surface area contributed by atoms with E-state index in [1.807, 2.05) is 6.20 Å². The number of nitrogens with zero attached hydrogens (tertiary/aromatic N) is 3. The van der Waals surface area contributed by atoms with Crippen LogP contribution in [0.25, 0.3) is 0 Å². The van der Waals surface area contributed by atoms with Crippen molar-refractivity contribution < 1.29 is 9.15 Å². The van der Waals surface area contributed by atoms with Gasteiger partial charge in [0.2, 0.25) is 5.89 Å². The van der Waals surface area contributed by atoms with Crippen LogP contribution in [-0.4, -0.2) is 60.8 Å². The molecule has 2 N–H and O–H groups in total. The summed E-state index contributed by atoms with van der Waals surface area (Å²) in [5.41, 5.74) is -0.0358. The van der Waals surface area contributed by atoms with E-state index in [9.17, 15) is 0 Å². The third-order valence-electron chi connectivity index (χ3n) is 4.80. The molecule has 1 aromatic heterocycles. The number of hydrogen-bond donors (Lipinski definition) is 2. The van der Waals surface area contributed by atoms with E-state index in [-0.39, 0.29) is 29.4 Å². The molecule has 168 valence electrons. The summed E-state index contributed by atoms with van der Waals surface area (Å²) in [6.45, 7) is 17.9. The molecule has 0 bridgehead atoms. The molecule has 1 saturated heterocycles. The molecule has 0 atom stereocenters. The molecular formula is C21H40IN5O2. The fraction of sp³-hybridized carbons (Fsp3) is 0.810. The van der Waals surface area contributed by atoms with Gasteiger partial charge in [0.1, 0.15) is 12.3 Å². The highest BCUT2D eigenvalue weighted by atomic mass is 127. The Kier molecular flexibility index (Phi) is 11.5.